The van der Waals surface area contributed by atoms with Crippen LogP contribution in [0.4, 0.5) is 13.2 Å². The van der Waals surface area contributed by atoms with Crippen molar-refractivity contribution in [2.45, 2.75) is 19.6 Å². The number of aromatic nitrogens is 2. The highest BCUT2D eigenvalue weighted by Crippen LogP contribution is 2.30. The first-order chi connectivity index (χ1) is 7.02. The Morgan fingerprint density at radius 3 is 2.47 bits per heavy atom. The quantitative estimate of drug-likeness (QED) is 0.706. The van der Waals surface area contributed by atoms with E-state index < -0.39 is 11.7 Å². The zero-order valence-corrected chi connectivity index (χ0v) is 11.3. The number of H-pyrrole nitrogens is 1. The van der Waals surface area contributed by atoms with Gasteiger partial charge in [0.1, 0.15) is 0 Å². The molecule has 0 radical (unpaired) electrons. The maximum absolute atomic E-state index is 12.4. The van der Waals surface area contributed by atoms with Crippen molar-refractivity contribution >= 4 is 23.4 Å². The summed E-state index contributed by atoms with van der Waals surface area (Å²) in [6, 6.07) is 3.69. The van der Waals surface area contributed by atoms with Crippen LogP contribution in [0.3, 0.4) is 0 Å². The number of nitrogens with one attached hydrogen (secondary N) is 1. The van der Waals surface area contributed by atoms with E-state index >= 15 is 0 Å². The van der Waals surface area contributed by atoms with Crippen LogP contribution in [0.1, 0.15) is 12.5 Å². The highest BCUT2D eigenvalue weighted by atomic mass is 79.9. The fourth-order valence-corrected chi connectivity index (χ4v) is 1.55. The highest BCUT2D eigenvalue weighted by molar-refractivity contribution is 5.85. The molecule has 1 N–H and O–H groups in total. The van der Waals surface area contributed by atoms with Crippen molar-refractivity contribution in [3.63, 3.8) is 0 Å². The standard InChI is InChI=1S/C10H9F3N2.BrH.ClH/c1-2-15-6-14-8-4-3-7(5-9(8)15)10(11,12)13;;/h3-6H,2H2,1H3;2*1H. The number of hydrogen-bond acceptors (Lipinski definition) is 0. The Morgan fingerprint density at radius 1 is 1.29 bits per heavy atom. The number of hydrogen-bond donors (Lipinski definition) is 1. The molecule has 0 atom stereocenters. The maximum atomic E-state index is 12.4. The molecule has 0 aliphatic carbocycles. The third-order valence-corrected chi connectivity index (χ3v) is 2.35. The third kappa shape index (κ3) is 3.13. The lowest BCUT2D eigenvalue weighted by atomic mass is 10.2. The Labute approximate surface area is 113 Å². The van der Waals surface area contributed by atoms with Crippen molar-refractivity contribution in [2.75, 3.05) is 0 Å². The fraction of sp³-hybridized carbons (Fsp3) is 0.300. The van der Waals surface area contributed by atoms with Gasteiger partial charge >= 0.3 is 6.18 Å². The molecule has 7 heteroatoms. The van der Waals surface area contributed by atoms with E-state index in [2.05, 4.69) is 4.98 Å². The first kappa shape index (κ1) is 16.2. The van der Waals surface area contributed by atoms with E-state index in [1.807, 2.05) is 6.92 Å². The Morgan fingerprint density at radius 2 is 1.94 bits per heavy atom. The monoisotopic (exact) mass is 330 g/mol. The molecule has 1 aromatic heterocycles. The van der Waals surface area contributed by atoms with Crippen molar-refractivity contribution in [1.82, 2.24) is 4.98 Å². The number of nitrogens with zero attached hydrogens (tertiary/aromatic N) is 1. The Balaban J connectivity index is 0.00000128. The molecule has 17 heavy (non-hydrogen) atoms. The molecular weight excluding hydrogens is 320 g/mol. The Kier molecular flexibility index (Phi) is 5.48. The minimum Gasteiger partial charge on any atom is -1.00 e. The second kappa shape index (κ2) is 5.73. The van der Waals surface area contributed by atoms with E-state index in [9.17, 15) is 13.2 Å². The molecular formula is C10H11BrClF3N2. The molecule has 1 heterocycles. The average molecular weight is 332 g/mol. The van der Waals surface area contributed by atoms with Gasteiger partial charge in [-0.25, -0.2) is 9.55 Å². The number of alkyl halides is 3. The van der Waals surface area contributed by atoms with Crippen LogP contribution in [0.25, 0.3) is 11.0 Å². The number of aromatic amines is 1. The molecule has 2 rings (SSSR count). The summed E-state index contributed by atoms with van der Waals surface area (Å²) in [5, 5.41) is 0. The first-order valence-corrected chi connectivity index (χ1v) is 4.60. The Hall–Kier alpha value is -0.750. The zero-order chi connectivity index (χ0) is 11.1. The zero-order valence-electron chi connectivity index (χ0n) is 8.88. The lowest BCUT2D eigenvalue weighted by Gasteiger charge is -2.04. The summed E-state index contributed by atoms with van der Waals surface area (Å²) in [4.78, 5) is 2.91. The number of imidazole rings is 1. The van der Waals surface area contributed by atoms with E-state index in [4.69, 9.17) is 0 Å². The minimum atomic E-state index is -4.28. The molecule has 2 nitrogen and oxygen atoms in total. The molecule has 0 spiro atoms. The minimum absolute atomic E-state index is 0. The summed E-state index contributed by atoms with van der Waals surface area (Å²) in [6.07, 6.45) is -2.61. The molecule has 1 aromatic carbocycles. The number of rotatable bonds is 1. The largest absolute Gasteiger partial charge is 1.00 e. The van der Waals surface area contributed by atoms with Gasteiger partial charge in [0.05, 0.1) is 12.1 Å². The van der Waals surface area contributed by atoms with Crippen molar-refractivity contribution in [3.8, 4) is 0 Å². The SMILES string of the molecule is CC[n+]1c[nH]c2ccc(C(F)(F)F)cc21.Cl.[Br-]. The van der Waals surface area contributed by atoms with E-state index in [0.29, 0.717) is 17.6 Å². The van der Waals surface area contributed by atoms with Crippen LogP contribution < -0.4 is 21.5 Å². The van der Waals surface area contributed by atoms with Crippen molar-refractivity contribution in [1.29, 1.82) is 0 Å². The van der Waals surface area contributed by atoms with Crippen LogP contribution in [0.15, 0.2) is 24.5 Å². The molecule has 0 saturated carbocycles. The van der Waals surface area contributed by atoms with Crippen LogP contribution in [-0.4, -0.2) is 4.98 Å². The maximum Gasteiger partial charge on any atom is 0.416 e. The van der Waals surface area contributed by atoms with Crippen molar-refractivity contribution in [2.24, 2.45) is 0 Å². The van der Waals surface area contributed by atoms with Crippen LogP contribution >= 0.6 is 12.4 Å². The van der Waals surface area contributed by atoms with Gasteiger partial charge in [-0.1, -0.05) is 0 Å². The van der Waals surface area contributed by atoms with Crippen molar-refractivity contribution in [3.05, 3.63) is 30.1 Å². The van der Waals surface area contributed by atoms with E-state index in [1.165, 1.54) is 6.07 Å². The van der Waals surface area contributed by atoms with E-state index in [1.54, 1.807) is 10.9 Å². The van der Waals surface area contributed by atoms with E-state index in [0.717, 1.165) is 12.1 Å². The van der Waals surface area contributed by atoms with Crippen LogP contribution in [0, 0.1) is 0 Å². The molecule has 2 aromatic rings. The van der Waals surface area contributed by atoms with Gasteiger partial charge in [0.2, 0.25) is 6.33 Å². The van der Waals surface area contributed by atoms with Crippen LogP contribution in [0.5, 0.6) is 0 Å². The van der Waals surface area contributed by atoms with Gasteiger partial charge in [0.25, 0.3) is 0 Å². The second-order valence-electron chi connectivity index (χ2n) is 3.29. The molecule has 0 aliphatic rings. The normalized spacial score (nSPS) is 10.8. The Bertz CT molecular complexity index is 496. The predicted molar refractivity (Wildman–Crippen MR) is 56.4 cm³/mol. The van der Waals surface area contributed by atoms with Crippen molar-refractivity contribution < 1.29 is 34.7 Å². The summed E-state index contributed by atoms with van der Waals surface area (Å²) in [5.74, 6) is 0. The van der Waals surface area contributed by atoms with Gasteiger partial charge in [0, 0.05) is 6.07 Å². The van der Waals surface area contributed by atoms with Gasteiger partial charge in [0.15, 0.2) is 11.0 Å². The molecule has 0 amide bonds. The second-order valence-corrected chi connectivity index (χ2v) is 3.29. The molecule has 0 bridgehead atoms. The molecule has 0 fully saturated rings. The van der Waals surface area contributed by atoms with Gasteiger partial charge in [-0.3, -0.25) is 0 Å². The summed E-state index contributed by atoms with van der Waals surface area (Å²) < 4.78 is 39.1. The number of fused-ring (bicyclic) bond motifs is 1. The molecule has 0 aliphatic heterocycles. The number of aryl methyl sites for hydroxylation is 1. The van der Waals surface area contributed by atoms with Gasteiger partial charge in [-0.2, -0.15) is 13.2 Å². The van der Waals surface area contributed by atoms with E-state index in [-0.39, 0.29) is 29.4 Å². The molecule has 0 unspecified atom stereocenters. The molecule has 96 valence electrons. The fourth-order valence-electron chi connectivity index (χ4n) is 1.55. The third-order valence-electron chi connectivity index (χ3n) is 2.35. The van der Waals surface area contributed by atoms with Gasteiger partial charge in [-0.15, -0.1) is 12.4 Å². The topological polar surface area (TPSA) is 19.7 Å². The first-order valence-electron chi connectivity index (χ1n) is 4.60. The number of halogens is 5. The van der Waals surface area contributed by atoms with Crippen LogP contribution in [0.2, 0.25) is 0 Å². The number of benzene rings is 1. The van der Waals surface area contributed by atoms with Gasteiger partial charge < -0.3 is 17.0 Å². The van der Waals surface area contributed by atoms with Gasteiger partial charge in [-0.05, 0) is 19.1 Å². The average Bonchev–Trinajstić information content (AvgIpc) is 2.57. The summed E-state index contributed by atoms with van der Waals surface area (Å²) in [6.45, 7) is 2.52. The van der Waals surface area contributed by atoms with Crippen LogP contribution in [-0.2, 0) is 12.7 Å². The summed E-state index contributed by atoms with van der Waals surface area (Å²) in [5.41, 5.74) is 0.675. The smallest absolute Gasteiger partial charge is 0.416 e. The lowest BCUT2D eigenvalue weighted by molar-refractivity contribution is -0.667. The molecule has 0 saturated heterocycles. The summed E-state index contributed by atoms with van der Waals surface area (Å²) in [7, 11) is 0. The predicted octanol–water partition coefficient (Wildman–Crippen LogP) is -0.0801. The summed E-state index contributed by atoms with van der Waals surface area (Å²) >= 11 is 0. The lowest BCUT2D eigenvalue weighted by Crippen LogP contribution is -3.00. The highest BCUT2D eigenvalue weighted by Gasteiger charge is 2.31.